The summed E-state index contributed by atoms with van der Waals surface area (Å²) in [6, 6.07) is 13.6. The quantitative estimate of drug-likeness (QED) is 0.408. The summed E-state index contributed by atoms with van der Waals surface area (Å²) in [4.78, 5) is 39.0. The zero-order valence-electron chi connectivity index (χ0n) is 19.1. The van der Waals surface area contributed by atoms with E-state index >= 15 is 0 Å². The van der Waals surface area contributed by atoms with Crippen LogP contribution in [0.4, 0.5) is 10.5 Å². The molecule has 0 atom stereocenters. The molecule has 1 fully saturated rings. The van der Waals surface area contributed by atoms with E-state index in [2.05, 4.69) is 11.4 Å². The number of hydrogen-bond acceptors (Lipinski definition) is 4. The molecule has 0 spiro atoms. The lowest BCUT2D eigenvalue weighted by molar-refractivity contribution is -0.122. The van der Waals surface area contributed by atoms with Crippen LogP contribution in [0.15, 0.2) is 60.3 Å². The Bertz CT molecular complexity index is 1330. The molecule has 174 valence electrons. The van der Waals surface area contributed by atoms with Crippen LogP contribution in [0.3, 0.4) is 0 Å². The number of benzene rings is 2. The van der Waals surface area contributed by atoms with E-state index in [4.69, 9.17) is 16.3 Å². The molecule has 8 heteroatoms. The minimum Gasteiger partial charge on any atom is -0.491 e. The topological polar surface area (TPSA) is 80.6 Å². The number of urea groups is 1. The van der Waals surface area contributed by atoms with Gasteiger partial charge in [-0.15, -0.1) is 0 Å². The van der Waals surface area contributed by atoms with Crippen molar-refractivity contribution in [2.45, 2.75) is 27.3 Å². The van der Waals surface area contributed by atoms with Gasteiger partial charge < -0.3 is 9.30 Å². The van der Waals surface area contributed by atoms with Gasteiger partial charge in [0.25, 0.3) is 11.8 Å². The second kappa shape index (κ2) is 9.57. The van der Waals surface area contributed by atoms with E-state index in [1.54, 1.807) is 18.2 Å². The molecule has 0 aliphatic carbocycles. The molecule has 0 bridgehead atoms. The fourth-order valence-electron chi connectivity index (χ4n) is 3.74. The van der Waals surface area contributed by atoms with Crippen LogP contribution in [0.25, 0.3) is 6.08 Å². The average Bonchev–Trinajstić information content (AvgIpc) is 3.22. The van der Waals surface area contributed by atoms with E-state index in [1.807, 2.05) is 49.7 Å². The van der Waals surface area contributed by atoms with E-state index in [0.717, 1.165) is 21.8 Å². The molecule has 0 unspecified atom stereocenters. The molecule has 1 aliphatic heterocycles. The number of anilines is 1. The predicted octanol–water partition coefficient (Wildman–Crippen LogP) is 4.81. The second-order valence-electron chi connectivity index (χ2n) is 8.14. The lowest BCUT2D eigenvalue weighted by Crippen LogP contribution is -2.54. The number of carbonyl (C=O) groups excluding carboxylic acids is 3. The molecule has 1 N–H and O–H groups in total. The zero-order valence-corrected chi connectivity index (χ0v) is 19.8. The summed E-state index contributed by atoms with van der Waals surface area (Å²) in [5, 5.41) is 2.65. The van der Waals surface area contributed by atoms with Gasteiger partial charge in [0.2, 0.25) is 0 Å². The standard InChI is InChI=1S/C26H24ClN3O4/c1-16-6-9-23(18(3)13-16)34-12-11-29-10-4-5-19(29)14-21-24(31)28-26(33)30(25(21)32)20-8-7-17(2)22(27)15-20/h4-10,13-15H,11-12H2,1-3H3,(H,28,31,33)/b21-14+. The molecule has 2 heterocycles. The molecule has 0 saturated carbocycles. The maximum absolute atomic E-state index is 13.1. The number of nitrogens with one attached hydrogen (secondary N) is 1. The van der Waals surface area contributed by atoms with Crippen molar-refractivity contribution in [3.63, 3.8) is 0 Å². The fraction of sp³-hybridized carbons (Fsp3) is 0.192. The van der Waals surface area contributed by atoms with Gasteiger partial charge in [0.15, 0.2) is 0 Å². The fourth-order valence-corrected chi connectivity index (χ4v) is 3.91. The monoisotopic (exact) mass is 477 g/mol. The summed E-state index contributed by atoms with van der Waals surface area (Å²) >= 11 is 6.17. The van der Waals surface area contributed by atoms with Crippen LogP contribution in [-0.4, -0.2) is 29.0 Å². The average molecular weight is 478 g/mol. The van der Waals surface area contributed by atoms with Gasteiger partial charge in [-0.2, -0.15) is 0 Å². The summed E-state index contributed by atoms with van der Waals surface area (Å²) in [6.45, 7) is 6.75. The molecule has 7 nitrogen and oxygen atoms in total. The lowest BCUT2D eigenvalue weighted by Gasteiger charge is -2.26. The van der Waals surface area contributed by atoms with Gasteiger partial charge in [0.05, 0.1) is 12.2 Å². The van der Waals surface area contributed by atoms with Gasteiger partial charge in [0.1, 0.15) is 17.9 Å². The Kier molecular flexibility index (Phi) is 6.56. The number of hydrogen-bond donors (Lipinski definition) is 1. The number of amides is 4. The molecule has 34 heavy (non-hydrogen) atoms. The smallest absolute Gasteiger partial charge is 0.335 e. The Morgan fingerprint density at radius 3 is 2.53 bits per heavy atom. The molecule has 1 aromatic heterocycles. The van der Waals surface area contributed by atoms with Crippen molar-refractivity contribution >= 4 is 41.2 Å². The van der Waals surface area contributed by atoms with Crippen molar-refractivity contribution in [3.05, 3.63) is 87.7 Å². The third kappa shape index (κ3) is 4.75. The zero-order chi connectivity index (χ0) is 24.4. The molecular weight excluding hydrogens is 454 g/mol. The Morgan fingerprint density at radius 1 is 1.00 bits per heavy atom. The Hall–Kier alpha value is -3.84. The van der Waals surface area contributed by atoms with Crippen molar-refractivity contribution in [2.24, 2.45) is 0 Å². The van der Waals surface area contributed by atoms with Gasteiger partial charge >= 0.3 is 6.03 Å². The molecule has 3 aromatic rings. The molecular formula is C26H24ClN3O4. The van der Waals surface area contributed by atoms with E-state index in [-0.39, 0.29) is 11.3 Å². The maximum atomic E-state index is 13.1. The van der Waals surface area contributed by atoms with E-state index in [9.17, 15) is 14.4 Å². The number of aromatic nitrogens is 1. The van der Waals surface area contributed by atoms with Crippen LogP contribution >= 0.6 is 11.6 Å². The van der Waals surface area contributed by atoms with Crippen LogP contribution in [-0.2, 0) is 16.1 Å². The van der Waals surface area contributed by atoms with Crippen LogP contribution < -0.4 is 15.0 Å². The first-order valence-electron chi connectivity index (χ1n) is 10.8. The maximum Gasteiger partial charge on any atom is 0.335 e. The van der Waals surface area contributed by atoms with E-state index in [1.165, 1.54) is 17.7 Å². The van der Waals surface area contributed by atoms with Crippen LogP contribution in [0, 0.1) is 20.8 Å². The lowest BCUT2D eigenvalue weighted by atomic mass is 10.1. The summed E-state index contributed by atoms with van der Waals surface area (Å²) < 4.78 is 7.78. The first-order valence-corrected chi connectivity index (χ1v) is 11.1. The summed E-state index contributed by atoms with van der Waals surface area (Å²) in [6.07, 6.45) is 3.32. The third-order valence-electron chi connectivity index (χ3n) is 5.59. The van der Waals surface area contributed by atoms with Crippen molar-refractivity contribution in [1.82, 2.24) is 9.88 Å². The van der Waals surface area contributed by atoms with Gasteiger partial charge in [-0.25, -0.2) is 9.69 Å². The van der Waals surface area contributed by atoms with Gasteiger partial charge in [-0.3, -0.25) is 14.9 Å². The number of imide groups is 2. The van der Waals surface area contributed by atoms with Crippen LogP contribution in [0.2, 0.25) is 5.02 Å². The first-order chi connectivity index (χ1) is 16.2. The van der Waals surface area contributed by atoms with Crippen molar-refractivity contribution in [2.75, 3.05) is 11.5 Å². The summed E-state index contributed by atoms with van der Waals surface area (Å²) in [7, 11) is 0. The predicted molar refractivity (Wildman–Crippen MR) is 131 cm³/mol. The van der Waals surface area contributed by atoms with Crippen LogP contribution in [0.5, 0.6) is 5.75 Å². The van der Waals surface area contributed by atoms with E-state index < -0.39 is 17.8 Å². The Morgan fingerprint density at radius 2 is 1.79 bits per heavy atom. The molecule has 4 rings (SSSR count). The summed E-state index contributed by atoms with van der Waals surface area (Å²) in [5.41, 5.74) is 3.81. The number of rotatable bonds is 6. The molecule has 0 radical (unpaired) electrons. The largest absolute Gasteiger partial charge is 0.491 e. The number of ether oxygens (including phenoxy) is 1. The Balaban J connectivity index is 1.54. The first kappa shape index (κ1) is 23.3. The molecule has 2 aromatic carbocycles. The summed E-state index contributed by atoms with van der Waals surface area (Å²) in [5.74, 6) is -0.651. The molecule has 1 saturated heterocycles. The number of nitrogens with zero attached hydrogens (tertiary/aromatic N) is 2. The highest BCUT2D eigenvalue weighted by Gasteiger charge is 2.37. The number of barbiturate groups is 1. The molecule has 1 aliphatic rings. The van der Waals surface area contributed by atoms with Crippen molar-refractivity contribution in [1.29, 1.82) is 0 Å². The second-order valence-corrected chi connectivity index (χ2v) is 8.54. The minimum absolute atomic E-state index is 0.147. The Labute approximate surface area is 202 Å². The van der Waals surface area contributed by atoms with E-state index in [0.29, 0.717) is 23.9 Å². The third-order valence-corrected chi connectivity index (χ3v) is 6.00. The van der Waals surface area contributed by atoms with Gasteiger partial charge in [0, 0.05) is 16.9 Å². The highest BCUT2D eigenvalue weighted by Crippen LogP contribution is 2.27. The van der Waals surface area contributed by atoms with Crippen molar-refractivity contribution in [3.8, 4) is 5.75 Å². The number of aryl methyl sites for hydroxylation is 3. The highest BCUT2D eigenvalue weighted by molar-refractivity contribution is 6.39. The highest BCUT2D eigenvalue weighted by atomic mass is 35.5. The van der Waals surface area contributed by atoms with Crippen molar-refractivity contribution < 1.29 is 19.1 Å². The molecule has 4 amide bonds. The van der Waals surface area contributed by atoms with Crippen LogP contribution in [0.1, 0.15) is 22.4 Å². The number of halogens is 1. The normalized spacial score (nSPS) is 15.1. The van der Waals surface area contributed by atoms with Gasteiger partial charge in [-0.05, 0) is 68.3 Å². The minimum atomic E-state index is -0.815. The van der Waals surface area contributed by atoms with Gasteiger partial charge in [-0.1, -0.05) is 35.4 Å². The number of carbonyl (C=O) groups is 3. The SMILES string of the molecule is Cc1ccc(OCCn2cccc2/C=C2\C(=O)NC(=O)N(c3ccc(C)c(Cl)c3)C2=O)c(C)c1.